The number of rotatable bonds is 4. The zero-order valence-corrected chi connectivity index (χ0v) is 11.2. The van der Waals surface area contributed by atoms with Gasteiger partial charge in [-0.3, -0.25) is 0 Å². The van der Waals surface area contributed by atoms with Gasteiger partial charge in [0.1, 0.15) is 11.9 Å². The minimum atomic E-state index is 0.141. The predicted molar refractivity (Wildman–Crippen MR) is 71.2 cm³/mol. The van der Waals surface area contributed by atoms with Crippen molar-refractivity contribution in [1.29, 1.82) is 0 Å². The van der Waals surface area contributed by atoms with Crippen LogP contribution in [0.15, 0.2) is 18.2 Å². The fourth-order valence-corrected chi connectivity index (χ4v) is 2.73. The molecule has 0 radical (unpaired) electrons. The highest BCUT2D eigenvalue weighted by Gasteiger charge is 2.47. The van der Waals surface area contributed by atoms with Crippen LogP contribution in [0.5, 0.6) is 5.75 Å². The van der Waals surface area contributed by atoms with Gasteiger partial charge in [-0.25, -0.2) is 0 Å². The quantitative estimate of drug-likeness (QED) is 0.912. The molecule has 4 heteroatoms. The third-order valence-electron chi connectivity index (χ3n) is 4.07. The minimum absolute atomic E-state index is 0.141. The maximum Gasteiger partial charge on any atom is 0.145 e. The summed E-state index contributed by atoms with van der Waals surface area (Å²) < 4.78 is 10.8. The predicted octanol–water partition coefficient (Wildman–Crippen LogP) is 2.50. The van der Waals surface area contributed by atoms with Gasteiger partial charge in [0, 0.05) is 11.5 Å². The minimum Gasteiger partial charge on any atom is -0.484 e. The molecule has 1 atom stereocenters. The number of hydrogen-bond donors (Lipinski definition) is 1. The van der Waals surface area contributed by atoms with E-state index in [9.17, 15) is 0 Å². The molecule has 0 bridgehead atoms. The molecule has 0 amide bonds. The van der Waals surface area contributed by atoms with Gasteiger partial charge in [-0.15, -0.1) is 0 Å². The molecule has 2 aliphatic rings. The molecule has 2 N–H and O–H groups in total. The van der Waals surface area contributed by atoms with E-state index in [-0.39, 0.29) is 17.6 Å². The van der Waals surface area contributed by atoms with Gasteiger partial charge < -0.3 is 15.2 Å². The van der Waals surface area contributed by atoms with E-state index in [0.29, 0.717) is 18.2 Å². The molecular formula is C14H18ClNO2. The van der Waals surface area contributed by atoms with Crippen LogP contribution in [-0.2, 0) is 10.2 Å². The van der Waals surface area contributed by atoms with E-state index in [2.05, 4.69) is 13.0 Å². The molecule has 1 heterocycles. The van der Waals surface area contributed by atoms with Gasteiger partial charge in [-0.05, 0) is 37.5 Å². The maximum atomic E-state index is 6.29. The smallest absolute Gasteiger partial charge is 0.145 e. The first kappa shape index (κ1) is 12.3. The van der Waals surface area contributed by atoms with Gasteiger partial charge >= 0.3 is 0 Å². The summed E-state index contributed by atoms with van der Waals surface area (Å²) in [5, 5.41) is 0.673. The molecule has 0 spiro atoms. The number of hydrogen-bond acceptors (Lipinski definition) is 3. The molecule has 18 heavy (non-hydrogen) atoms. The Labute approximate surface area is 112 Å². The van der Waals surface area contributed by atoms with Crippen molar-refractivity contribution in [2.75, 3.05) is 13.2 Å². The summed E-state index contributed by atoms with van der Waals surface area (Å²) in [6.45, 7) is 3.38. The topological polar surface area (TPSA) is 44.5 Å². The molecule has 1 saturated heterocycles. The second-order valence-corrected chi connectivity index (χ2v) is 5.77. The Kier molecular flexibility index (Phi) is 3.00. The highest BCUT2D eigenvalue weighted by molar-refractivity contribution is 6.32. The third kappa shape index (κ3) is 2.00. The van der Waals surface area contributed by atoms with E-state index >= 15 is 0 Å². The Balaban J connectivity index is 1.80. The molecule has 1 saturated carbocycles. The van der Waals surface area contributed by atoms with Gasteiger partial charge in [0.05, 0.1) is 18.2 Å². The molecular weight excluding hydrogens is 250 g/mol. The average Bonchev–Trinajstić information content (AvgIpc) is 3.06. The molecule has 0 aromatic heterocycles. The van der Waals surface area contributed by atoms with Crippen LogP contribution in [0.25, 0.3) is 0 Å². The van der Waals surface area contributed by atoms with Crippen molar-refractivity contribution in [3.8, 4) is 5.75 Å². The van der Waals surface area contributed by atoms with E-state index < -0.39 is 0 Å². The Bertz CT molecular complexity index is 453. The molecule has 1 unspecified atom stereocenters. The molecule has 1 aliphatic heterocycles. The summed E-state index contributed by atoms with van der Waals surface area (Å²) in [7, 11) is 0. The zero-order chi connectivity index (χ0) is 12.8. The Morgan fingerprint density at radius 2 is 2.17 bits per heavy atom. The van der Waals surface area contributed by atoms with Gasteiger partial charge in [-0.2, -0.15) is 0 Å². The lowest BCUT2D eigenvalue weighted by molar-refractivity contribution is -0.0796. The van der Waals surface area contributed by atoms with Crippen molar-refractivity contribution >= 4 is 11.6 Å². The van der Waals surface area contributed by atoms with E-state index in [1.807, 2.05) is 12.1 Å². The number of benzene rings is 1. The van der Waals surface area contributed by atoms with Crippen LogP contribution >= 0.6 is 11.6 Å². The number of halogens is 1. The summed E-state index contributed by atoms with van der Waals surface area (Å²) in [6, 6.07) is 6.22. The maximum absolute atomic E-state index is 6.29. The van der Waals surface area contributed by atoms with Crippen molar-refractivity contribution in [2.45, 2.75) is 37.3 Å². The van der Waals surface area contributed by atoms with Crippen LogP contribution in [0, 0.1) is 0 Å². The lowest BCUT2D eigenvalue weighted by atomic mass is 9.89. The molecule has 2 fully saturated rings. The molecule has 3 nitrogen and oxygen atoms in total. The van der Waals surface area contributed by atoms with Crippen LogP contribution in [0.3, 0.4) is 0 Å². The van der Waals surface area contributed by atoms with Crippen molar-refractivity contribution in [2.24, 2.45) is 5.73 Å². The largest absolute Gasteiger partial charge is 0.484 e. The standard InChI is InChI=1S/C14H18ClNO2/c1-9(16)14(4-5-14)10-2-3-13(12(15)6-10)18-11-7-17-8-11/h2-3,6,9,11H,4-5,7-8,16H2,1H3. The number of nitrogens with two attached hydrogens (primary N) is 1. The summed E-state index contributed by atoms with van der Waals surface area (Å²) in [5.74, 6) is 0.745. The lowest BCUT2D eigenvalue weighted by Crippen LogP contribution is -2.38. The Morgan fingerprint density at radius 1 is 1.44 bits per heavy atom. The molecule has 1 aromatic rings. The first-order chi connectivity index (χ1) is 8.62. The SMILES string of the molecule is CC(N)C1(c2ccc(OC3COC3)c(Cl)c2)CC1. The van der Waals surface area contributed by atoms with Gasteiger partial charge in [0.25, 0.3) is 0 Å². The zero-order valence-electron chi connectivity index (χ0n) is 10.5. The Morgan fingerprint density at radius 3 is 2.61 bits per heavy atom. The fourth-order valence-electron chi connectivity index (χ4n) is 2.51. The molecule has 1 aliphatic carbocycles. The summed E-state index contributed by atoms with van der Waals surface area (Å²) >= 11 is 6.29. The molecule has 98 valence electrons. The van der Waals surface area contributed by atoms with Crippen molar-refractivity contribution in [3.63, 3.8) is 0 Å². The first-order valence-corrected chi connectivity index (χ1v) is 6.80. The summed E-state index contributed by atoms with van der Waals surface area (Å²) in [5.41, 5.74) is 7.45. The Hall–Kier alpha value is -0.770. The lowest BCUT2D eigenvalue weighted by Gasteiger charge is -2.27. The summed E-state index contributed by atoms with van der Waals surface area (Å²) in [6.07, 6.45) is 2.45. The normalized spacial score (nSPS) is 23.3. The molecule has 3 rings (SSSR count). The van der Waals surface area contributed by atoms with E-state index in [0.717, 1.165) is 18.6 Å². The van der Waals surface area contributed by atoms with E-state index in [4.69, 9.17) is 26.8 Å². The van der Waals surface area contributed by atoms with Crippen molar-refractivity contribution in [3.05, 3.63) is 28.8 Å². The highest BCUT2D eigenvalue weighted by Crippen LogP contribution is 2.51. The third-order valence-corrected chi connectivity index (χ3v) is 4.36. The van der Waals surface area contributed by atoms with Crippen LogP contribution < -0.4 is 10.5 Å². The molecule has 1 aromatic carbocycles. The first-order valence-electron chi connectivity index (χ1n) is 6.42. The second kappa shape index (κ2) is 4.41. The highest BCUT2D eigenvalue weighted by atomic mass is 35.5. The van der Waals surface area contributed by atoms with E-state index in [1.165, 1.54) is 5.56 Å². The van der Waals surface area contributed by atoms with Crippen molar-refractivity contribution < 1.29 is 9.47 Å². The fraction of sp³-hybridized carbons (Fsp3) is 0.571. The van der Waals surface area contributed by atoms with E-state index in [1.54, 1.807) is 0 Å². The van der Waals surface area contributed by atoms with Crippen LogP contribution in [-0.4, -0.2) is 25.4 Å². The van der Waals surface area contributed by atoms with Gasteiger partial charge in [0.2, 0.25) is 0 Å². The van der Waals surface area contributed by atoms with Gasteiger partial charge in [0.15, 0.2) is 0 Å². The monoisotopic (exact) mass is 267 g/mol. The summed E-state index contributed by atoms with van der Waals surface area (Å²) in [4.78, 5) is 0. The average molecular weight is 268 g/mol. The van der Waals surface area contributed by atoms with Gasteiger partial charge in [-0.1, -0.05) is 17.7 Å². The van der Waals surface area contributed by atoms with Crippen molar-refractivity contribution in [1.82, 2.24) is 0 Å². The van der Waals surface area contributed by atoms with Crippen LogP contribution in [0.1, 0.15) is 25.3 Å². The second-order valence-electron chi connectivity index (χ2n) is 5.37. The van der Waals surface area contributed by atoms with Crippen LogP contribution in [0.4, 0.5) is 0 Å². The van der Waals surface area contributed by atoms with Crippen LogP contribution in [0.2, 0.25) is 5.02 Å². The number of ether oxygens (including phenoxy) is 2.